The van der Waals surface area contributed by atoms with Crippen molar-refractivity contribution in [1.82, 2.24) is 0 Å². The van der Waals surface area contributed by atoms with E-state index in [1.807, 2.05) is 6.08 Å². The fraction of sp³-hybridized carbons (Fsp3) is 0.853. The largest absolute Gasteiger partial charge is 0.481 e. The van der Waals surface area contributed by atoms with Crippen molar-refractivity contribution in [3.63, 3.8) is 0 Å². The molecule has 0 amide bonds. The molecular formula is C34H64NO6+. The molecule has 3 N–H and O–H groups in total. The molecule has 41 heavy (non-hydrogen) atoms. The predicted molar refractivity (Wildman–Crippen MR) is 168 cm³/mol. The molecule has 3 unspecified atom stereocenters. The molecule has 0 aromatic carbocycles. The van der Waals surface area contributed by atoms with Gasteiger partial charge in [-0.2, -0.15) is 0 Å². The van der Waals surface area contributed by atoms with Gasteiger partial charge in [-0.3, -0.25) is 14.4 Å². The molecule has 7 nitrogen and oxygen atoms in total. The predicted octanol–water partition coefficient (Wildman–Crippen LogP) is 8.56. The second kappa shape index (κ2) is 24.7. The molecule has 0 saturated heterocycles. The van der Waals surface area contributed by atoms with Gasteiger partial charge in [-0.25, -0.2) is 0 Å². The second-order valence-corrected chi connectivity index (χ2v) is 12.8. The zero-order valence-corrected chi connectivity index (χ0v) is 26.8. The summed E-state index contributed by atoms with van der Waals surface area (Å²) in [6.07, 6.45) is 26.1. The van der Waals surface area contributed by atoms with E-state index in [0.29, 0.717) is 6.54 Å². The van der Waals surface area contributed by atoms with Crippen LogP contribution in [0, 0.1) is 17.8 Å². The van der Waals surface area contributed by atoms with Crippen LogP contribution in [-0.4, -0.2) is 63.9 Å². The maximum absolute atomic E-state index is 11.6. The van der Waals surface area contributed by atoms with Gasteiger partial charge in [0.1, 0.15) is 17.8 Å². The first-order valence-electron chi connectivity index (χ1n) is 16.7. The van der Waals surface area contributed by atoms with E-state index in [9.17, 15) is 29.7 Å². The first kappa shape index (κ1) is 39.1. The minimum absolute atomic E-state index is 0.227. The lowest BCUT2D eigenvalue weighted by Crippen LogP contribution is -2.57. The normalized spacial score (nSPS) is 15.1. The van der Waals surface area contributed by atoms with Gasteiger partial charge in [-0.15, -0.1) is 6.58 Å². The topological polar surface area (TPSA) is 112 Å². The molecule has 0 aromatic rings. The van der Waals surface area contributed by atoms with Crippen molar-refractivity contribution in [2.75, 3.05) is 26.2 Å². The molecule has 7 heteroatoms. The number of aliphatic carboxylic acids is 3. The van der Waals surface area contributed by atoms with Gasteiger partial charge in [0.05, 0.1) is 26.2 Å². The molecule has 0 saturated carbocycles. The van der Waals surface area contributed by atoms with Gasteiger partial charge < -0.3 is 19.8 Å². The number of hydrogen-bond acceptors (Lipinski definition) is 3. The zero-order chi connectivity index (χ0) is 30.9. The van der Waals surface area contributed by atoms with Crippen LogP contribution in [0.25, 0.3) is 0 Å². The Balaban J connectivity index is 4.20. The summed E-state index contributed by atoms with van der Waals surface area (Å²) in [5, 5.41) is 28.6. The number of rotatable bonds is 30. The SMILES string of the molecule is C=CCCCCCCCCCCCCCCCCCCCC[N+](CC(C)C(=O)O)(CC(C)C(=O)O)CC(C)C(=O)O. The fourth-order valence-corrected chi connectivity index (χ4v) is 6.04. The minimum atomic E-state index is -0.931. The van der Waals surface area contributed by atoms with Gasteiger partial charge in [0.25, 0.3) is 0 Å². The Morgan fingerprint density at radius 3 is 1.00 bits per heavy atom. The molecule has 240 valence electrons. The minimum Gasteiger partial charge on any atom is -0.481 e. The first-order chi connectivity index (χ1) is 19.5. The molecule has 0 spiro atoms. The molecule has 0 bridgehead atoms. The summed E-state index contributed by atoms with van der Waals surface area (Å²) in [7, 11) is 0. The Bertz CT molecular complexity index is 654. The fourth-order valence-electron chi connectivity index (χ4n) is 6.04. The third-order valence-electron chi connectivity index (χ3n) is 8.54. The molecule has 0 aliphatic rings. The summed E-state index contributed by atoms with van der Waals surface area (Å²) in [5.41, 5.74) is 0. The standard InChI is InChI=1S/C34H63NO6/c1-5-6-7-8-9-10-11-12-13-14-15-16-17-18-19-20-21-22-23-24-25-35(26-29(2)32(36)37,27-30(3)33(38)39)28-31(4)34(40)41/h5,29-31H,1,6-28H2,2-4H3,(H2-,36,37,38,39,40,41)/p+1. The molecule has 0 radical (unpaired) electrons. The van der Waals surface area contributed by atoms with Crippen molar-refractivity contribution in [2.45, 2.75) is 143 Å². The number of allylic oxidation sites excluding steroid dienone is 1. The Morgan fingerprint density at radius 2 is 0.756 bits per heavy atom. The van der Waals surface area contributed by atoms with E-state index in [-0.39, 0.29) is 24.1 Å². The second-order valence-electron chi connectivity index (χ2n) is 12.8. The van der Waals surface area contributed by atoms with Crippen LogP contribution in [0.1, 0.15) is 143 Å². The summed E-state index contributed by atoms with van der Waals surface area (Å²) in [4.78, 5) is 34.9. The van der Waals surface area contributed by atoms with E-state index in [1.54, 1.807) is 20.8 Å². The van der Waals surface area contributed by atoms with E-state index in [0.717, 1.165) is 25.7 Å². The molecular weight excluding hydrogens is 518 g/mol. The van der Waals surface area contributed by atoms with Crippen LogP contribution < -0.4 is 0 Å². The van der Waals surface area contributed by atoms with Crippen LogP contribution in [0.2, 0.25) is 0 Å². The average molecular weight is 583 g/mol. The molecule has 3 atom stereocenters. The van der Waals surface area contributed by atoms with Crippen molar-refractivity contribution >= 4 is 17.9 Å². The van der Waals surface area contributed by atoms with Gasteiger partial charge in [0.2, 0.25) is 0 Å². The van der Waals surface area contributed by atoms with Crippen molar-refractivity contribution in [2.24, 2.45) is 17.8 Å². The summed E-state index contributed by atoms with van der Waals surface area (Å²) < 4.78 is 0.227. The zero-order valence-electron chi connectivity index (χ0n) is 26.8. The first-order valence-corrected chi connectivity index (χ1v) is 16.7. The lowest BCUT2D eigenvalue weighted by atomic mass is 10.00. The summed E-state index contributed by atoms with van der Waals surface area (Å²) in [6.45, 7) is 10.0. The van der Waals surface area contributed by atoms with Crippen LogP contribution in [0.4, 0.5) is 0 Å². The van der Waals surface area contributed by atoms with Gasteiger partial charge in [-0.1, -0.05) is 102 Å². The lowest BCUT2D eigenvalue weighted by Gasteiger charge is -2.42. The van der Waals surface area contributed by atoms with Gasteiger partial charge in [-0.05, 0) is 46.5 Å². The van der Waals surface area contributed by atoms with Gasteiger partial charge >= 0.3 is 17.9 Å². The number of quaternary nitrogens is 1. The van der Waals surface area contributed by atoms with Crippen molar-refractivity contribution in [1.29, 1.82) is 0 Å². The highest BCUT2D eigenvalue weighted by atomic mass is 16.4. The summed E-state index contributed by atoms with van der Waals surface area (Å²) in [5.74, 6) is -4.79. The van der Waals surface area contributed by atoms with E-state index in [2.05, 4.69) is 6.58 Å². The van der Waals surface area contributed by atoms with Gasteiger partial charge in [0.15, 0.2) is 0 Å². The molecule has 0 aliphatic heterocycles. The van der Waals surface area contributed by atoms with Gasteiger partial charge in [0, 0.05) is 0 Å². The summed E-state index contributed by atoms with van der Waals surface area (Å²) >= 11 is 0. The third-order valence-corrected chi connectivity index (χ3v) is 8.54. The Hall–Kier alpha value is -1.89. The van der Waals surface area contributed by atoms with Crippen LogP contribution in [0.3, 0.4) is 0 Å². The average Bonchev–Trinajstić information content (AvgIpc) is 2.91. The monoisotopic (exact) mass is 582 g/mol. The maximum atomic E-state index is 11.6. The quantitative estimate of drug-likeness (QED) is 0.0444. The molecule has 0 fully saturated rings. The van der Waals surface area contributed by atoms with E-state index >= 15 is 0 Å². The Labute approximate surface area is 251 Å². The molecule has 0 aliphatic carbocycles. The molecule has 0 heterocycles. The number of carboxylic acids is 3. The number of nitrogens with zero attached hydrogens (tertiary/aromatic N) is 1. The van der Waals surface area contributed by atoms with Crippen molar-refractivity contribution < 1.29 is 34.2 Å². The number of unbranched alkanes of at least 4 members (excludes halogenated alkanes) is 18. The molecule has 0 aromatic heterocycles. The number of carbonyl (C=O) groups is 3. The lowest BCUT2D eigenvalue weighted by molar-refractivity contribution is -0.934. The van der Waals surface area contributed by atoms with E-state index < -0.39 is 35.7 Å². The van der Waals surface area contributed by atoms with Crippen LogP contribution in [-0.2, 0) is 14.4 Å². The van der Waals surface area contributed by atoms with Crippen molar-refractivity contribution in [3.8, 4) is 0 Å². The number of hydrogen-bond donors (Lipinski definition) is 3. The van der Waals surface area contributed by atoms with Crippen LogP contribution in [0.15, 0.2) is 12.7 Å². The highest BCUT2D eigenvalue weighted by Crippen LogP contribution is 2.22. The van der Waals surface area contributed by atoms with E-state index in [4.69, 9.17) is 0 Å². The summed E-state index contributed by atoms with van der Waals surface area (Å²) in [6, 6.07) is 0. The Morgan fingerprint density at radius 1 is 0.512 bits per heavy atom. The molecule has 0 rings (SSSR count). The van der Waals surface area contributed by atoms with Crippen molar-refractivity contribution in [3.05, 3.63) is 12.7 Å². The smallest absolute Gasteiger partial charge is 0.311 e. The number of carboxylic acid groups (broad SMARTS) is 3. The van der Waals surface area contributed by atoms with Crippen LogP contribution in [0.5, 0.6) is 0 Å². The highest BCUT2D eigenvalue weighted by Gasteiger charge is 2.38. The maximum Gasteiger partial charge on any atom is 0.311 e. The van der Waals surface area contributed by atoms with E-state index in [1.165, 1.54) is 96.3 Å². The van der Waals surface area contributed by atoms with Crippen LogP contribution >= 0.6 is 0 Å². The third kappa shape index (κ3) is 21.5. The highest BCUT2D eigenvalue weighted by molar-refractivity contribution is 5.70. The Kier molecular flexibility index (Phi) is 23.5.